The van der Waals surface area contributed by atoms with Crippen molar-refractivity contribution in [3.8, 4) is 6.07 Å². The van der Waals surface area contributed by atoms with E-state index in [4.69, 9.17) is 11.0 Å². The molecule has 0 heterocycles. The maximum atomic E-state index is 11.7. The lowest BCUT2D eigenvalue weighted by Crippen LogP contribution is -2.34. The number of carbonyl (C=O) groups is 1. The molecule has 0 saturated heterocycles. The van der Waals surface area contributed by atoms with E-state index in [0.717, 1.165) is 38.6 Å². The summed E-state index contributed by atoms with van der Waals surface area (Å²) in [5, 5.41) is 11.3. The van der Waals surface area contributed by atoms with E-state index in [1.807, 2.05) is 0 Å². The topological polar surface area (TPSA) is 78.9 Å². The highest BCUT2D eigenvalue weighted by Gasteiger charge is 2.25. The number of nitriles is 1. The van der Waals surface area contributed by atoms with Crippen molar-refractivity contribution in [2.24, 2.45) is 17.6 Å². The summed E-state index contributed by atoms with van der Waals surface area (Å²) in [6.45, 7) is 1.37. The molecule has 1 saturated carbocycles. The lowest BCUT2D eigenvalue weighted by Gasteiger charge is -2.26. The summed E-state index contributed by atoms with van der Waals surface area (Å²) < 4.78 is 0. The quantitative estimate of drug-likeness (QED) is 0.687. The standard InChI is InChI=1S/C12H21N3O/c13-7-1-2-8-15-12(16)11-5-3-10(9-14)4-6-11/h10-11H,1-6,8-9,14H2,(H,15,16). The fraction of sp³-hybridized carbons (Fsp3) is 0.833. The summed E-state index contributed by atoms with van der Waals surface area (Å²) in [6, 6.07) is 2.07. The second kappa shape index (κ2) is 7.24. The van der Waals surface area contributed by atoms with Crippen LogP contribution in [0.15, 0.2) is 0 Å². The van der Waals surface area contributed by atoms with Gasteiger partial charge in [-0.1, -0.05) is 0 Å². The Morgan fingerprint density at radius 3 is 2.62 bits per heavy atom. The summed E-state index contributed by atoms with van der Waals surface area (Å²) in [7, 11) is 0. The molecule has 4 nitrogen and oxygen atoms in total. The highest BCUT2D eigenvalue weighted by molar-refractivity contribution is 5.78. The van der Waals surface area contributed by atoms with Crippen LogP contribution in [-0.2, 0) is 4.79 Å². The SMILES string of the molecule is N#CCCCNC(=O)C1CCC(CN)CC1. The maximum absolute atomic E-state index is 11.7. The number of nitrogens with one attached hydrogen (secondary N) is 1. The average molecular weight is 223 g/mol. The first kappa shape index (κ1) is 13.0. The van der Waals surface area contributed by atoms with Crippen molar-refractivity contribution < 1.29 is 4.79 Å². The molecule has 1 rings (SSSR count). The molecule has 1 aliphatic rings. The van der Waals surface area contributed by atoms with Crippen LogP contribution < -0.4 is 11.1 Å². The number of unbranched alkanes of at least 4 members (excludes halogenated alkanes) is 1. The van der Waals surface area contributed by atoms with Crippen LogP contribution in [0.4, 0.5) is 0 Å². The molecule has 0 aromatic carbocycles. The van der Waals surface area contributed by atoms with Crippen LogP contribution in [0.2, 0.25) is 0 Å². The van der Waals surface area contributed by atoms with Crippen molar-refractivity contribution >= 4 is 5.91 Å². The summed E-state index contributed by atoms with van der Waals surface area (Å²) in [6.07, 6.45) is 5.35. The van der Waals surface area contributed by atoms with Gasteiger partial charge in [-0.25, -0.2) is 0 Å². The molecule has 0 radical (unpaired) electrons. The van der Waals surface area contributed by atoms with Crippen LogP contribution in [0, 0.1) is 23.2 Å². The summed E-state index contributed by atoms with van der Waals surface area (Å²) in [4.78, 5) is 11.7. The molecule has 90 valence electrons. The zero-order valence-electron chi connectivity index (χ0n) is 9.74. The van der Waals surface area contributed by atoms with Gasteiger partial charge in [0, 0.05) is 18.9 Å². The van der Waals surface area contributed by atoms with Crippen LogP contribution in [0.3, 0.4) is 0 Å². The lowest BCUT2D eigenvalue weighted by molar-refractivity contribution is -0.126. The van der Waals surface area contributed by atoms with E-state index in [2.05, 4.69) is 11.4 Å². The molecule has 0 unspecified atom stereocenters. The van der Waals surface area contributed by atoms with E-state index in [0.29, 0.717) is 18.9 Å². The van der Waals surface area contributed by atoms with E-state index in [1.165, 1.54) is 0 Å². The Labute approximate surface area is 97.2 Å². The van der Waals surface area contributed by atoms with Gasteiger partial charge in [0.05, 0.1) is 6.07 Å². The van der Waals surface area contributed by atoms with Crippen LogP contribution in [0.1, 0.15) is 38.5 Å². The number of nitrogens with two attached hydrogens (primary N) is 1. The molecule has 1 amide bonds. The second-order valence-corrected chi connectivity index (χ2v) is 4.51. The van der Waals surface area contributed by atoms with Gasteiger partial charge in [-0.2, -0.15) is 5.26 Å². The van der Waals surface area contributed by atoms with Crippen LogP contribution in [0.25, 0.3) is 0 Å². The Morgan fingerprint density at radius 2 is 2.06 bits per heavy atom. The highest BCUT2D eigenvalue weighted by Crippen LogP contribution is 2.27. The predicted octanol–water partition coefficient (Wildman–Crippen LogP) is 1.17. The van der Waals surface area contributed by atoms with Crippen molar-refractivity contribution in [3.63, 3.8) is 0 Å². The summed E-state index contributed by atoms with van der Waals surface area (Å²) in [5.74, 6) is 0.945. The van der Waals surface area contributed by atoms with Gasteiger partial charge in [0.2, 0.25) is 5.91 Å². The lowest BCUT2D eigenvalue weighted by atomic mass is 9.81. The molecule has 1 aliphatic carbocycles. The fourth-order valence-corrected chi connectivity index (χ4v) is 2.18. The minimum absolute atomic E-state index is 0.161. The van der Waals surface area contributed by atoms with Gasteiger partial charge in [-0.3, -0.25) is 4.79 Å². The Kier molecular flexibility index (Phi) is 5.87. The third-order valence-electron chi connectivity index (χ3n) is 3.32. The fourth-order valence-electron chi connectivity index (χ4n) is 2.18. The predicted molar refractivity (Wildman–Crippen MR) is 62.4 cm³/mol. The smallest absolute Gasteiger partial charge is 0.223 e. The van der Waals surface area contributed by atoms with E-state index in [1.54, 1.807) is 0 Å². The molecule has 0 spiro atoms. The molecule has 4 heteroatoms. The number of amides is 1. The van der Waals surface area contributed by atoms with Crippen molar-refractivity contribution in [1.82, 2.24) is 5.32 Å². The molecular weight excluding hydrogens is 202 g/mol. The maximum Gasteiger partial charge on any atom is 0.223 e. The van der Waals surface area contributed by atoms with E-state index >= 15 is 0 Å². The van der Waals surface area contributed by atoms with Crippen molar-refractivity contribution in [2.45, 2.75) is 38.5 Å². The Balaban J connectivity index is 2.16. The van der Waals surface area contributed by atoms with E-state index < -0.39 is 0 Å². The Hall–Kier alpha value is -1.08. The zero-order chi connectivity index (χ0) is 11.8. The van der Waals surface area contributed by atoms with Crippen molar-refractivity contribution in [2.75, 3.05) is 13.1 Å². The minimum atomic E-state index is 0.161. The van der Waals surface area contributed by atoms with Crippen LogP contribution >= 0.6 is 0 Å². The number of rotatable bonds is 5. The van der Waals surface area contributed by atoms with E-state index in [-0.39, 0.29) is 11.8 Å². The van der Waals surface area contributed by atoms with Gasteiger partial charge in [0.25, 0.3) is 0 Å². The Morgan fingerprint density at radius 1 is 1.38 bits per heavy atom. The van der Waals surface area contributed by atoms with Gasteiger partial charge in [-0.15, -0.1) is 0 Å². The number of hydrogen-bond acceptors (Lipinski definition) is 3. The largest absolute Gasteiger partial charge is 0.356 e. The molecule has 0 bridgehead atoms. The molecule has 0 atom stereocenters. The zero-order valence-corrected chi connectivity index (χ0v) is 9.74. The van der Waals surface area contributed by atoms with Crippen LogP contribution in [-0.4, -0.2) is 19.0 Å². The third kappa shape index (κ3) is 4.19. The second-order valence-electron chi connectivity index (χ2n) is 4.51. The molecule has 0 aromatic heterocycles. The molecule has 0 aromatic rings. The summed E-state index contributed by atoms with van der Waals surface area (Å²) in [5.41, 5.74) is 5.61. The first-order chi connectivity index (χ1) is 7.77. The van der Waals surface area contributed by atoms with Crippen molar-refractivity contribution in [1.29, 1.82) is 5.26 Å². The Bertz CT molecular complexity index is 251. The average Bonchev–Trinajstić information content (AvgIpc) is 2.34. The van der Waals surface area contributed by atoms with Gasteiger partial charge in [-0.05, 0) is 44.6 Å². The first-order valence-electron chi connectivity index (χ1n) is 6.12. The van der Waals surface area contributed by atoms with E-state index in [9.17, 15) is 4.79 Å². The summed E-state index contributed by atoms with van der Waals surface area (Å²) >= 11 is 0. The van der Waals surface area contributed by atoms with Gasteiger partial charge in [0.15, 0.2) is 0 Å². The van der Waals surface area contributed by atoms with Gasteiger partial charge < -0.3 is 11.1 Å². The van der Waals surface area contributed by atoms with Gasteiger partial charge >= 0.3 is 0 Å². The number of carbonyl (C=O) groups excluding carboxylic acids is 1. The molecule has 16 heavy (non-hydrogen) atoms. The third-order valence-corrected chi connectivity index (χ3v) is 3.32. The monoisotopic (exact) mass is 223 g/mol. The number of hydrogen-bond donors (Lipinski definition) is 2. The number of nitrogens with zero attached hydrogens (tertiary/aromatic N) is 1. The van der Waals surface area contributed by atoms with Gasteiger partial charge in [0.1, 0.15) is 0 Å². The first-order valence-corrected chi connectivity index (χ1v) is 6.12. The molecule has 1 fully saturated rings. The molecule has 3 N–H and O–H groups in total. The minimum Gasteiger partial charge on any atom is -0.356 e. The van der Waals surface area contributed by atoms with Crippen molar-refractivity contribution in [3.05, 3.63) is 0 Å². The molecule has 0 aliphatic heterocycles. The normalized spacial score (nSPS) is 24.8. The molecular formula is C12H21N3O. The highest BCUT2D eigenvalue weighted by atomic mass is 16.1. The van der Waals surface area contributed by atoms with Crippen LogP contribution in [0.5, 0.6) is 0 Å².